The molecule has 116 valence electrons. The summed E-state index contributed by atoms with van der Waals surface area (Å²) in [6.07, 6.45) is -1.51. The first-order valence-corrected chi connectivity index (χ1v) is 7.76. The van der Waals surface area contributed by atoms with Gasteiger partial charge in [-0.2, -0.15) is 0 Å². The van der Waals surface area contributed by atoms with Crippen molar-refractivity contribution >= 4 is 23.4 Å². The number of carboxylic acids is 1. The standard InChI is InChI=1S/C17H19NO3S/c1-10-3-6-12(7-4-10)16(15(19)17(20)21)22-14-9-11(2)5-8-13(14)18/h3-9,15-16,19H,18H2,1-2H3,(H,20,21)/t15-,16+/m0/s1. The molecule has 4 N–H and O–H groups in total. The Morgan fingerprint density at radius 3 is 2.27 bits per heavy atom. The Kier molecular flexibility index (Phi) is 5.11. The molecule has 22 heavy (non-hydrogen) atoms. The summed E-state index contributed by atoms with van der Waals surface area (Å²) in [6, 6.07) is 13.1. The second-order valence-corrected chi connectivity index (χ2v) is 6.46. The molecule has 4 nitrogen and oxygen atoms in total. The average Bonchev–Trinajstić information content (AvgIpc) is 2.48. The Bertz CT molecular complexity index is 670. The fourth-order valence-corrected chi connectivity index (χ4v) is 3.35. The van der Waals surface area contributed by atoms with Crippen LogP contribution in [0.1, 0.15) is 21.9 Å². The van der Waals surface area contributed by atoms with E-state index in [1.165, 1.54) is 11.8 Å². The van der Waals surface area contributed by atoms with Gasteiger partial charge in [-0.05, 0) is 37.1 Å². The van der Waals surface area contributed by atoms with Gasteiger partial charge in [0.15, 0.2) is 6.10 Å². The van der Waals surface area contributed by atoms with Crippen LogP contribution < -0.4 is 5.73 Å². The number of carbonyl (C=O) groups is 1. The van der Waals surface area contributed by atoms with Crippen LogP contribution in [0.4, 0.5) is 5.69 Å². The minimum absolute atomic E-state index is 0.574. The molecular weight excluding hydrogens is 298 g/mol. The van der Waals surface area contributed by atoms with Gasteiger partial charge in [-0.15, -0.1) is 11.8 Å². The minimum Gasteiger partial charge on any atom is -0.479 e. The molecule has 2 aromatic carbocycles. The SMILES string of the molecule is Cc1ccc([C@@H](Sc2cc(C)ccc2N)[C@H](O)C(=O)O)cc1. The van der Waals surface area contributed by atoms with E-state index in [4.69, 9.17) is 5.73 Å². The van der Waals surface area contributed by atoms with Crippen LogP contribution in [0.15, 0.2) is 47.4 Å². The van der Waals surface area contributed by atoms with E-state index in [1.807, 2.05) is 50.2 Å². The highest BCUT2D eigenvalue weighted by molar-refractivity contribution is 7.99. The molecule has 0 amide bonds. The first kappa shape index (κ1) is 16.4. The van der Waals surface area contributed by atoms with Gasteiger partial charge in [0.2, 0.25) is 0 Å². The summed E-state index contributed by atoms with van der Waals surface area (Å²) in [6.45, 7) is 3.90. The third-order valence-corrected chi connectivity index (χ3v) is 4.76. The van der Waals surface area contributed by atoms with Gasteiger partial charge in [0, 0.05) is 10.6 Å². The predicted molar refractivity (Wildman–Crippen MR) is 89.0 cm³/mol. The van der Waals surface area contributed by atoms with Crippen LogP contribution in [0.3, 0.4) is 0 Å². The van der Waals surface area contributed by atoms with Crippen LogP contribution in [-0.4, -0.2) is 22.3 Å². The fraction of sp³-hybridized carbons (Fsp3) is 0.235. The van der Waals surface area contributed by atoms with E-state index in [2.05, 4.69) is 0 Å². The number of thioether (sulfide) groups is 1. The minimum atomic E-state index is -1.51. The molecule has 0 heterocycles. The van der Waals surface area contributed by atoms with Crippen LogP contribution in [0.5, 0.6) is 0 Å². The summed E-state index contributed by atoms with van der Waals surface area (Å²) in [5, 5.41) is 18.6. The topological polar surface area (TPSA) is 83.5 Å². The Balaban J connectivity index is 2.38. The maximum atomic E-state index is 11.2. The lowest BCUT2D eigenvalue weighted by Crippen LogP contribution is -2.26. The summed E-state index contributed by atoms with van der Waals surface area (Å²) >= 11 is 1.27. The second-order valence-electron chi connectivity index (χ2n) is 5.27. The molecule has 0 bridgehead atoms. The molecule has 2 atom stereocenters. The zero-order chi connectivity index (χ0) is 16.3. The Morgan fingerprint density at radius 2 is 1.68 bits per heavy atom. The quantitative estimate of drug-likeness (QED) is 0.583. The number of aliphatic hydroxyl groups excluding tert-OH is 1. The van der Waals surface area contributed by atoms with Gasteiger partial charge in [-0.25, -0.2) is 4.79 Å². The van der Waals surface area contributed by atoms with Gasteiger partial charge in [-0.3, -0.25) is 0 Å². The molecule has 0 aliphatic rings. The Labute approximate surface area is 134 Å². The van der Waals surface area contributed by atoms with Gasteiger partial charge in [0.25, 0.3) is 0 Å². The van der Waals surface area contributed by atoms with Gasteiger partial charge >= 0.3 is 5.97 Å². The maximum absolute atomic E-state index is 11.2. The van der Waals surface area contributed by atoms with E-state index >= 15 is 0 Å². The molecule has 0 fully saturated rings. The van der Waals surface area contributed by atoms with Gasteiger partial charge in [0.05, 0.1) is 5.25 Å². The van der Waals surface area contributed by atoms with E-state index in [9.17, 15) is 15.0 Å². The number of anilines is 1. The van der Waals surface area contributed by atoms with E-state index in [-0.39, 0.29) is 0 Å². The molecule has 0 aliphatic heterocycles. The molecule has 2 aromatic rings. The summed E-state index contributed by atoms with van der Waals surface area (Å²) < 4.78 is 0. The number of hydrogen-bond donors (Lipinski definition) is 3. The zero-order valence-corrected chi connectivity index (χ0v) is 13.3. The third-order valence-electron chi connectivity index (χ3n) is 3.37. The lowest BCUT2D eigenvalue weighted by molar-refractivity contribution is -0.146. The first-order chi connectivity index (χ1) is 10.4. The molecular formula is C17H19NO3S. The molecule has 2 rings (SSSR count). The van der Waals surface area contributed by atoms with Crippen molar-refractivity contribution in [3.05, 3.63) is 59.2 Å². The monoisotopic (exact) mass is 317 g/mol. The smallest absolute Gasteiger partial charge is 0.334 e. The highest BCUT2D eigenvalue weighted by Crippen LogP contribution is 2.40. The molecule has 0 aliphatic carbocycles. The number of aliphatic hydroxyl groups is 1. The van der Waals surface area contributed by atoms with E-state index < -0.39 is 17.3 Å². The van der Waals surface area contributed by atoms with Gasteiger partial charge < -0.3 is 15.9 Å². The number of hydrogen-bond acceptors (Lipinski definition) is 4. The van der Waals surface area contributed by atoms with Crippen molar-refractivity contribution in [3.8, 4) is 0 Å². The van der Waals surface area contributed by atoms with Crippen LogP contribution in [-0.2, 0) is 4.79 Å². The summed E-state index contributed by atoms with van der Waals surface area (Å²) in [5.41, 5.74) is 9.40. The molecule has 0 aromatic heterocycles. The van der Waals surface area contributed by atoms with Crippen molar-refractivity contribution in [1.82, 2.24) is 0 Å². The zero-order valence-electron chi connectivity index (χ0n) is 12.5. The fourth-order valence-electron chi connectivity index (χ4n) is 2.08. The van der Waals surface area contributed by atoms with Gasteiger partial charge in [0.1, 0.15) is 0 Å². The largest absolute Gasteiger partial charge is 0.479 e. The van der Waals surface area contributed by atoms with Crippen LogP contribution in [0, 0.1) is 13.8 Å². The number of nitrogens with two attached hydrogens (primary N) is 1. The predicted octanol–water partition coefficient (Wildman–Crippen LogP) is 3.16. The summed E-state index contributed by atoms with van der Waals surface area (Å²) in [5.74, 6) is -1.25. The van der Waals surface area contributed by atoms with Crippen molar-refractivity contribution in [3.63, 3.8) is 0 Å². The lowest BCUT2D eigenvalue weighted by Gasteiger charge is -2.21. The van der Waals surface area contributed by atoms with Crippen molar-refractivity contribution in [2.75, 3.05) is 5.73 Å². The Hall–Kier alpha value is -1.98. The van der Waals surface area contributed by atoms with E-state index in [0.717, 1.165) is 21.6 Å². The van der Waals surface area contributed by atoms with Crippen molar-refractivity contribution in [1.29, 1.82) is 0 Å². The molecule has 0 saturated carbocycles. The normalized spacial score (nSPS) is 13.6. The summed E-state index contributed by atoms with van der Waals surface area (Å²) in [7, 11) is 0. The first-order valence-electron chi connectivity index (χ1n) is 6.88. The molecule has 0 radical (unpaired) electrons. The maximum Gasteiger partial charge on any atom is 0.334 e. The van der Waals surface area contributed by atoms with Crippen LogP contribution in [0.25, 0.3) is 0 Å². The molecule has 0 saturated heterocycles. The lowest BCUT2D eigenvalue weighted by atomic mass is 10.1. The van der Waals surface area contributed by atoms with Crippen molar-refractivity contribution in [2.24, 2.45) is 0 Å². The molecule has 0 unspecified atom stereocenters. The third kappa shape index (κ3) is 3.81. The van der Waals surface area contributed by atoms with Crippen LogP contribution in [0.2, 0.25) is 0 Å². The molecule has 5 heteroatoms. The van der Waals surface area contributed by atoms with E-state index in [1.54, 1.807) is 6.07 Å². The number of nitrogen functional groups attached to an aromatic ring is 1. The molecule has 0 spiro atoms. The Morgan fingerprint density at radius 1 is 1.09 bits per heavy atom. The number of carboxylic acid groups (broad SMARTS) is 1. The highest BCUT2D eigenvalue weighted by atomic mass is 32.2. The number of aryl methyl sites for hydroxylation is 2. The summed E-state index contributed by atoms with van der Waals surface area (Å²) in [4.78, 5) is 12.0. The van der Waals surface area contributed by atoms with Crippen LogP contribution >= 0.6 is 11.8 Å². The second kappa shape index (κ2) is 6.85. The van der Waals surface area contributed by atoms with Crippen molar-refractivity contribution in [2.45, 2.75) is 30.1 Å². The number of benzene rings is 2. The average molecular weight is 317 g/mol. The van der Waals surface area contributed by atoms with Crippen molar-refractivity contribution < 1.29 is 15.0 Å². The van der Waals surface area contributed by atoms with Gasteiger partial charge in [-0.1, -0.05) is 35.9 Å². The highest BCUT2D eigenvalue weighted by Gasteiger charge is 2.28. The number of rotatable bonds is 5. The number of aliphatic carboxylic acids is 1. The van der Waals surface area contributed by atoms with E-state index in [0.29, 0.717) is 5.69 Å².